The Bertz CT molecular complexity index is 421. The standard InChI is InChI=1S/C14H24N4/c1-10-13(9-17(3)16-10)14-11(8-15-2)6-7-18(14)12-4-5-12/h9,11-12,14-15H,4-8H2,1-3H3. The summed E-state index contributed by atoms with van der Waals surface area (Å²) in [6.45, 7) is 4.52. The summed E-state index contributed by atoms with van der Waals surface area (Å²) in [6.07, 6.45) is 6.32. The maximum Gasteiger partial charge on any atom is 0.0641 e. The fraction of sp³-hybridized carbons (Fsp3) is 0.786. The zero-order chi connectivity index (χ0) is 12.7. The Labute approximate surface area is 109 Å². The van der Waals surface area contributed by atoms with Crippen molar-refractivity contribution in [3.63, 3.8) is 0 Å². The van der Waals surface area contributed by atoms with Crippen molar-refractivity contribution in [2.75, 3.05) is 20.1 Å². The number of aryl methyl sites for hydroxylation is 2. The average Bonchev–Trinajstić information content (AvgIpc) is 3.01. The molecular weight excluding hydrogens is 224 g/mol. The summed E-state index contributed by atoms with van der Waals surface area (Å²) in [6, 6.07) is 1.43. The molecule has 3 rings (SSSR count). The van der Waals surface area contributed by atoms with E-state index in [0.29, 0.717) is 6.04 Å². The molecule has 2 atom stereocenters. The Balaban J connectivity index is 1.89. The number of aromatic nitrogens is 2. The Kier molecular flexibility index (Phi) is 3.16. The second kappa shape index (κ2) is 4.67. The van der Waals surface area contributed by atoms with E-state index >= 15 is 0 Å². The molecular formula is C14H24N4. The first-order chi connectivity index (χ1) is 8.70. The van der Waals surface area contributed by atoms with Crippen molar-refractivity contribution in [3.05, 3.63) is 17.5 Å². The van der Waals surface area contributed by atoms with Gasteiger partial charge in [-0.1, -0.05) is 0 Å². The molecule has 1 saturated carbocycles. The van der Waals surface area contributed by atoms with Gasteiger partial charge in [-0.3, -0.25) is 9.58 Å². The molecule has 2 unspecified atom stereocenters. The van der Waals surface area contributed by atoms with E-state index in [-0.39, 0.29) is 0 Å². The third-order valence-electron chi connectivity index (χ3n) is 4.41. The largest absolute Gasteiger partial charge is 0.319 e. The minimum Gasteiger partial charge on any atom is -0.319 e. The summed E-state index contributed by atoms with van der Waals surface area (Å²) in [4.78, 5) is 2.73. The first kappa shape index (κ1) is 12.2. The SMILES string of the molecule is CNCC1CCN(C2CC2)C1c1cn(C)nc1C. The van der Waals surface area contributed by atoms with E-state index in [0.717, 1.165) is 18.5 Å². The Hall–Kier alpha value is -0.870. The first-order valence-electron chi connectivity index (χ1n) is 7.11. The summed E-state index contributed by atoms with van der Waals surface area (Å²) in [7, 11) is 4.09. The highest BCUT2D eigenvalue weighted by atomic mass is 15.3. The summed E-state index contributed by atoms with van der Waals surface area (Å²) in [5.74, 6) is 0.735. The normalized spacial score (nSPS) is 29.1. The monoisotopic (exact) mass is 248 g/mol. The van der Waals surface area contributed by atoms with E-state index in [1.807, 2.05) is 11.7 Å². The van der Waals surface area contributed by atoms with Crippen molar-refractivity contribution in [3.8, 4) is 0 Å². The molecule has 1 aliphatic heterocycles. The van der Waals surface area contributed by atoms with Crippen LogP contribution in [-0.4, -0.2) is 40.9 Å². The van der Waals surface area contributed by atoms with Crippen molar-refractivity contribution in [1.29, 1.82) is 0 Å². The maximum atomic E-state index is 4.53. The number of nitrogens with one attached hydrogen (secondary N) is 1. The van der Waals surface area contributed by atoms with Gasteiger partial charge in [0.25, 0.3) is 0 Å². The van der Waals surface area contributed by atoms with Crippen molar-refractivity contribution >= 4 is 0 Å². The summed E-state index contributed by atoms with van der Waals surface area (Å²) in [5, 5.41) is 7.90. The van der Waals surface area contributed by atoms with Crippen LogP contribution >= 0.6 is 0 Å². The molecule has 0 aromatic carbocycles. The van der Waals surface area contributed by atoms with E-state index in [2.05, 4.69) is 35.5 Å². The molecule has 100 valence electrons. The van der Waals surface area contributed by atoms with Crippen molar-refractivity contribution in [2.45, 2.75) is 38.3 Å². The lowest BCUT2D eigenvalue weighted by Gasteiger charge is -2.28. The summed E-state index contributed by atoms with van der Waals surface area (Å²) < 4.78 is 1.96. The lowest BCUT2D eigenvalue weighted by molar-refractivity contribution is 0.216. The molecule has 0 amide bonds. The highest BCUT2D eigenvalue weighted by molar-refractivity contribution is 5.23. The van der Waals surface area contributed by atoms with Crippen LogP contribution in [0.2, 0.25) is 0 Å². The first-order valence-corrected chi connectivity index (χ1v) is 7.11. The molecule has 1 aromatic rings. The van der Waals surface area contributed by atoms with Crippen molar-refractivity contribution in [2.24, 2.45) is 13.0 Å². The van der Waals surface area contributed by atoms with Gasteiger partial charge in [-0.2, -0.15) is 5.10 Å². The second-order valence-corrected chi connectivity index (χ2v) is 5.86. The van der Waals surface area contributed by atoms with Crippen LogP contribution in [0.15, 0.2) is 6.20 Å². The molecule has 2 aliphatic rings. The minimum absolute atomic E-state index is 0.582. The molecule has 2 fully saturated rings. The summed E-state index contributed by atoms with van der Waals surface area (Å²) in [5.41, 5.74) is 2.65. The third kappa shape index (κ3) is 2.08. The lowest BCUT2D eigenvalue weighted by atomic mass is 9.94. The molecule has 4 nitrogen and oxygen atoms in total. The van der Waals surface area contributed by atoms with E-state index in [1.165, 1.54) is 37.1 Å². The van der Waals surface area contributed by atoms with Crippen molar-refractivity contribution < 1.29 is 0 Å². The zero-order valence-corrected chi connectivity index (χ0v) is 11.7. The van der Waals surface area contributed by atoms with Crippen LogP contribution in [0.3, 0.4) is 0 Å². The van der Waals surface area contributed by atoms with Gasteiger partial charge < -0.3 is 5.32 Å². The van der Waals surface area contributed by atoms with Gasteiger partial charge in [0.15, 0.2) is 0 Å². The second-order valence-electron chi connectivity index (χ2n) is 5.86. The molecule has 0 spiro atoms. The van der Waals surface area contributed by atoms with Crippen LogP contribution in [-0.2, 0) is 7.05 Å². The molecule has 1 N–H and O–H groups in total. The fourth-order valence-corrected chi connectivity index (χ4v) is 3.52. The molecule has 18 heavy (non-hydrogen) atoms. The smallest absolute Gasteiger partial charge is 0.0641 e. The van der Waals surface area contributed by atoms with Gasteiger partial charge in [-0.15, -0.1) is 0 Å². The van der Waals surface area contributed by atoms with Gasteiger partial charge in [0.2, 0.25) is 0 Å². The van der Waals surface area contributed by atoms with Crippen LogP contribution in [0.4, 0.5) is 0 Å². The van der Waals surface area contributed by atoms with E-state index in [1.54, 1.807) is 0 Å². The fourth-order valence-electron chi connectivity index (χ4n) is 3.52. The van der Waals surface area contributed by atoms with Crippen LogP contribution in [0, 0.1) is 12.8 Å². The molecule has 1 aromatic heterocycles. The predicted molar refractivity (Wildman–Crippen MR) is 72.4 cm³/mol. The van der Waals surface area contributed by atoms with Crippen molar-refractivity contribution in [1.82, 2.24) is 20.0 Å². The Morgan fingerprint density at radius 2 is 2.17 bits per heavy atom. The highest BCUT2D eigenvalue weighted by Gasteiger charge is 2.43. The predicted octanol–water partition coefficient (Wildman–Crippen LogP) is 1.47. The average molecular weight is 248 g/mol. The van der Waals surface area contributed by atoms with Gasteiger partial charge in [0.05, 0.1) is 5.69 Å². The van der Waals surface area contributed by atoms with Gasteiger partial charge in [-0.05, 0) is 52.2 Å². The molecule has 0 radical (unpaired) electrons. The zero-order valence-electron chi connectivity index (χ0n) is 11.7. The number of hydrogen-bond acceptors (Lipinski definition) is 3. The van der Waals surface area contributed by atoms with Crippen LogP contribution < -0.4 is 5.32 Å². The molecule has 0 bridgehead atoms. The number of hydrogen-bond donors (Lipinski definition) is 1. The maximum absolute atomic E-state index is 4.53. The van der Waals surface area contributed by atoms with Gasteiger partial charge in [0, 0.05) is 30.9 Å². The van der Waals surface area contributed by atoms with E-state index in [9.17, 15) is 0 Å². The lowest BCUT2D eigenvalue weighted by Crippen LogP contribution is -2.31. The number of nitrogens with zero attached hydrogens (tertiary/aromatic N) is 3. The molecule has 1 saturated heterocycles. The third-order valence-corrected chi connectivity index (χ3v) is 4.41. The van der Waals surface area contributed by atoms with Crippen LogP contribution in [0.1, 0.15) is 36.6 Å². The number of rotatable bonds is 4. The Morgan fingerprint density at radius 1 is 1.39 bits per heavy atom. The number of likely N-dealkylation sites (tertiary alicyclic amines) is 1. The van der Waals surface area contributed by atoms with Gasteiger partial charge in [0.1, 0.15) is 0 Å². The van der Waals surface area contributed by atoms with Gasteiger partial charge in [-0.25, -0.2) is 0 Å². The van der Waals surface area contributed by atoms with Crippen LogP contribution in [0.5, 0.6) is 0 Å². The molecule has 2 heterocycles. The van der Waals surface area contributed by atoms with E-state index in [4.69, 9.17) is 0 Å². The minimum atomic E-state index is 0.582. The van der Waals surface area contributed by atoms with Gasteiger partial charge >= 0.3 is 0 Å². The van der Waals surface area contributed by atoms with Crippen LogP contribution in [0.25, 0.3) is 0 Å². The molecule has 1 aliphatic carbocycles. The Morgan fingerprint density at radius 3 is 2.72 bits per heavy atom. The topological polar surface area (TPSA) is 33.1 Å². The molecule has 4 heteroatoms. The quantitative estimate of drug-likeness (QED) is 0.876. The van der Waals surface area contributed by atoms with E-state index < -0.39 is 0 Å². The summed E-state index contributed by atoms with van der Waals surface area (Å²) >= 11 is 0. The highest BCUT2D eigenvalue weighted by Crippen LogP contribution is 2.44.